The molecule has 0 aliphatic rings. The number of halogens is 1. The molecule has 3 heteroatoms. The standard InChI is InChI=1S/C12H18ClNO/c1-9-7-11(13)8-10(2)12(9)15-6-4-5-14-3/h7-8,14H,4-6H2,1-3H3. The van der Waals surface area contributed by atoms with E-state index < -0.39 is 0 Å². The predicted octanol–water partition coefficient (Wildman–Crippen LogP) is 2.95. The molecule has 0 fully saturated rings. The van der Waals surface area contributed by atoms with Crippen LogP contribution in [0.3, 0.4) is 0 Å². The van der Waals surface area contributed by atoms with Crippen LogP contribution in [0.5, 0.6) is 5.75 Å². The largest absolute Gasteiger partial charge is 0.493 e. The minimum absolute atomic E-state index is 0.740. The molecule has 0 spiro atoms. The zero-order chi connectivity index (χ0) is 11.3. The molecule has 15 heavy (non-hydrogen) atoms. The van der Waals surface area contributed by atoms with Crippen molar-refractivity contribution >= 4 is 11.6 Å². The third kappa shape index (κ3) is 3.73. The molecule has 1 aromatic carbocycles. The second-order valence-corrected chi connectivity index (χ2v) is 4.11. The number of hydrogen-bond acceptors (Lipinski definition) is 2. The van der Waals surface area contributed by atoms with E-state index in [1.165, 1.54) is 0 Å². The first-order chi connectivity index (χ1) is 7.15. The van der Waals surface area contributed by atoms with Gasteiger partial charge in [0.15, 0.2) is 0 Å². The maximum absolute atomic E-state index is 5.94. The molecule has 0 atom stereocenters. The molecule has 0 heterocycles. The summed E-state index contributed by atoms with van der Waals surface area (Å²) in [5.74, 6) is 0.968. The second kappa shape index (κ2) is 5.99. The normalized spacial score (nSPS) is 10.4. The molecule has 0 bridgehead atoms. The Bertz CT molecular complexity index is 302. The van der Waals surface area contributed by atoms with Crippen LogP contribution >= 0.6 is 11.6 Å². The number of hydrogen-bond donors (Lipinski definition) is 1. The summed E-state index contributed by atoms with van der Waals surface area (Å²) >= 11 is 5.94. The Kier molecular flexibility index (Phi) is 4.92. The Morgan fingerprint density at radius 1 is 1.27 bits per heavy atom. The van der Waals surface area contributed by atoms with E-state index in [-0.39, 0.29) is 0 Å². The van der Waals surface area contributed by atoms with Gasteiger partial charge in [-0.1, -0.05) is 11.6 Å². The van der Waals surface area contributed by atoms with Gasteiger partial charge in [0.2, 0.25) is 0 Å². The van der Waals surface area contributed by atoms with Crippen molar-refractivity contribution in [2.24, 2.45) is 0 Å². The van der Waals surface area contributed by atoms with E-state index in [1.54, 1.807) is 0 Å². The average Bonchev–Trinajstić information content (AvgIpc) is 2.15. The van der Waals surface area contributed by atoms with Crippen molar-refractivity contribution in [3.05, 3.63) is 28.3 Å². The van der Waals surface area contributed by atoms with Gasteiger partial charge in [0.1, 0.15) is 5.75 Å². The van der Waals surface area contributed by atoms with Gasteiger partial charge in [0.25, 0.3) is 0 Å². The number of benzene rings is 1. The lowest BCUT2D eigenvalue weighted by Crippen LogP contribution is -2.12. The second-order valence-electron chi connectivity index (χ2n) is 3.67. The molecule has 0 amide bonds. The Morgan fingerprint density at radius 2 is 1.87 bits per heavy atom. The maximum Gasteiger partial charge on any atom is 0.125 e. The van der Waals surface area contributed by atoms with Gasteiger partial charge < -0.3 is 10.1 Å². The summed E-state index contributed by atoms with van der Waals surface area (Å²) in [6, 6.07) is 3.86. The molecule has 2 nitrogen and oxygen atoms in total. The van der Waals surface area contributed by atoms with Crippen LogP contribution in [0.15, 0.2) is 12.1 Å². The molecule has 0 saturated carbocycles. The minimum atomic E-state index is 0.740. The number of rotatable bonds is 5. The van der Waals surface area contributed by atoms with E-state index in [1.807, 2.05) is 33.0 Å². The lowest BCUT2D eigenvalue weighted by atomic mass is 10.1. The first-order valence-electron chi connectivity index (χ1n) is 5.19. The first kappa shape index (κ1) is 12.3. The Hall–Kier alpha value is -0.730. The Balaban J connectivity index is 2.60. The summed E-state index contributed by atoms with van der Waals surface area (Å²) in [6.07, 6.45) is 1.01. The van der Waals surface area contributed by atoms with Gasteiger partial charge in [-0.05, 0) is 57.1 Å². The van der Waals surface area contributed by atoms with E-state index in [4.69, 9.17) is 16.3 Å². The molecular formula is C12H18ClNO. The molecule has 1 rings (SSSR count). The first-order valence-corrected chi connectivity index (χ1v) is 5.57. The van der Waals surface area contributed by atoms with Crippen molar-refractivity contribution < 1.29 is 4.74 Å². The van der Waals surface area contributed by atoms with Crippen LogP contribution in [0.1, 0.15) is 17.5 Å². The fourth-order valence-electron chi connectivity index (χ4n) is 1.55. The summed E-state index contributed by atoms with van der Waals surface area (Å²) < 4.78 is 5.73. The van der Waals surface area contributed by atoms with Gasteiger partial charge in [-0.3, -0.25) is 0 Å². The van der Waals surface area contributed by atoms with E-state index in [9.17, 15) is 0 Å². The van der Waals surface area contributed by atoms with Crippen molar-refractivity contribution in [2.75, 3.05) is 20.2 Å². The zero-order valence-electron chi connectivity index (χ0n) is 9.56. The Morgan fingerprint density at radius 3 is 2.40 bits per heavy atom. The van der Waals surface area contributed by atoms with Crippen LogP contribution in [0.25, 0.3) is 0 Å². The van der Waals surface area contributed by atoms with Crippen LogP contribution in [0.2, 0.25) is 5.02 Å². The fourth-order valence-corrected chi connectivity index (χ4v) is 1.88. The maximum atomic E-state index is 5.94. The fraction of sp³-hybridized carbons (Fsp3) is 0.500. The summed E-state index contributed by atoms with van der Waals surface area (Å²) in [6.45, 7) is 5.76. The lowest BCUT2D eigenvalue weighted by molar-refractivity contribution is 0.306. The van der Waals surface area contributed by atoms with Crippen LogP contribution in [-0.4, -0.2) is 20.2 Å². The van der Waals surface area contributed by atoms with Gasteiger partial charge in [0, 0.05) is 5.02 Å². The van der Waals surface area contributed by atoms with Crippen molar-refractivity contribution in [3.8, 4) is 5.75 Å². The zero-order valence-corrected chi connectivity index (χ0v) is 10.3. The van der Waals surface area contributed by atoms with E-state index in [0.29, 0.717) is 0 Å². The predicted molar refractivity (Wildman–Crippen MR) is 65.0 cm³/mol. The molecule has 1 N–H and O–H groups in total. The lowest BCUT2D eigenvalue weighted by Gasteiger charge is -2.12. The molecule has 0 unspecified atom stereocenters. The van der Waals surface area contributed by atoms with E-state index >= 15 is 0 Å². The molecular weight excluding hydrogens is 210 g/mol. The molecule has 0 aliphatic carbocycles. The molecule has 0 saturated heterocycles. The summed E-state index contributed by atoms with van der Waals surface area (Å²) in [5.41, 5.74) is 2.20. The smallest absolute Gasteiger partial charge is 0.125 e. The molecule has 0 radical (unpaired) electrons. The van der Waals surface area contributed by atoms with Crippen molar-refractivity contribution in [1.29, 1.82) is 0 Å². The van der Waals surface area contributed by atoms with Gasteiger partial charge >= 0.3 is 0 Å². The van der Waals surface area contributed by atoms with Gasteiger partial charge in [0.05, 0.1) is 6.61 Å². The monoisotopic (exact) mass is 227 g/mol. The van der Waals surface area contributed by atoms with Crippen molar-refractivity contribution in [2.45, 2.75) is 20.3 Å². The number of nitrogens with one attached hydrogen (secondary N) is 1. The highest BCUT2D eigenvalue weighted by Crippen LogP contribution is 2.26. The highest BCUT2D eigenvalue weighted by molar-refractivity contribution is 6.30. The van der Waals surface area contributed by atoms with E-state index in [2.05, 4.69) is 5.32 Å². The third-order valence-electron chi connectivity index (χ3n) is 2.24. The van der Waals surface area contributed by atoms with Crippen LogP contribution < -0.4 is 10.1 Å². The Labute approximate surface area is 96.6 Å². The third-order valence-corrected chi connectivity index (χ3v) is 2.46. The number of aryl methyl sites for hydroxylation is 2. The molecule has 1 aromatic rings. The highest BCUT2D eigenvalue weighted by atomic mass is 35.5. The topological polar surface area (TPSA) is 21.3 Å². The summed E-state index contributed by atoms with van der Waals surface area (Å²) in [7, 11) is 1.94. The van der Waals surface area contributed by atoms with Crippen LogP contribution in [0, 0.1) is 13.8 Å². The minimum Gasteiger partial charge on any atom is -0.493 e. The van der Waals surface area contributed by atoms with Crippen LogP contribution in [0.4, 0.5) is 0 Å². The van der Waals surface area contributed by atoms with E-state index in [0.717, 1.165) is 41.5 Å². The van der Waals surface area contributed by atoms with Gasteiger partial charge in [-0.2, -0.15) is 0 Å². The molecule has 84 valence electrons. The molecule has 0 aromatic heterocycles. The highest BCUT2D eigenvalue weighted by Gasteiger charge is 2.04. The molecule has 0 aliphatic heterocycles. The average molecular weight is 228 g/mol. The van der Waals surface area contributed by atoms with Gasteiger partial charge in [-0.15, -0.1) is 0 Å². The van der Waals surface area contributed by atoms with Gasteiger partial charge in [-0.25, -0.2) is 0 Å². The van der Waals surface area contributed by atoms with Crippen LogP contribution in [-0.2, 0) is 0 Å². The summed E-state index contributed by atoms with van der Waals surface area (Å²) in [5, 5.41) is 3.86. The quantitative estimate of drug-likeness (QED) is 0.781. The van der Waals surface area contributed by atoms with Crippen molar-refractivity contribution in [1.82, 2.24) is 5.32 Å². The summed E-state index contributed by atoms with van der Waals surface area (Å²) in [4.78, 5) is 0. The van der Waals surface area contributed by atoms with Crippen molar-refractivity contribution in [3.63, 3.8) is 0 Å². The number of ether oxygens (including phenoxy) is 1. The SMILES string of the molecule is CNCCCOc1c(C)cc(Cl)cc1C.